The molecule has 0 aromatic heterocycles. The molecule has 0 aliphatic rings. The Morgan fingerprint density at radius 2 is 1.74 bits per heavy atom. The van der Waals surface area contributed by atoms with Crippen molar-refractivity contribution in [3.05, 3.63) is 0 Å². The molecular formula is C16H30O6S. The first kappa shape index (κ1) is 22.2. The molecule has 0 aromatic rings. The van der Waals surface area contributed by atoms with Gasteiger partial charge in [0.25, 0.3) is 0 Å². The fourth-order valence-corrected chi connectivity index (χ4v) is 2.60. The number of thioether (sulfide) groups is 1. The van der Waals surface area contributed by atoms with Crippen LogP contribution in [-0.4, -0.2) is 52.6 Å². The number of hydrogen-bond acceptors (Lipinski definition) is 7. The Labute approximate surface area is 143 Å². The van der Waals surface area contributed by atoms with Crippen molar-refractivity contribution in [2.45, 2.75) is 77.1 Å². The number of carbonyl (C=O) groups is 2. The molecule has 136 valence electrons. The molecule has 0 radical (unpaired) electrons. The first-order chi connectivity index (χ1) is 10.3. The summed E-state index contributed by atoms with van der Waals surface area (Å²) in [5.74, 6) is -2.05. The molecule has 0 amide bonds. The number of rotatable bonds is 9. The van der Waals surface area contributed by atoms with E-state index in [0.29, 0.717) is 6.42 Å². The maximum Gasteiger partial charge on any atom is 0.307 e. The summed E-state index contributed by atoms with van der Waals surface area (Å²) in [5.41, 5.74) is -0.527. The molecule has 0 spiro atoms. The van der Waals surface area contributed by atoms with Crippen molar-refractivity contribution in [2.24, 2.45) is 0 Å². The highest BCUT2D eigenvalue weighted by Gasteiger charge is 2.27. The van der Waals surface area contributed by atoms with Gasteiger partial charge in [0.05, 0.1) is 12.5 Å². The van der Waals surface area contributed by atoms with Crippen LogP contribution in [0.15, 0.2) is 0 Å². The quantitative estimate of drug-likeness (QED) is 0.505. The van der Waals surface area contributed by atoms with E-state index < -0.39 is 23.5 Å². The third-order valence-electron chi connectivity index (χ3n) is 2.60. The van der Waals surface area contributed by atoms with Crippen LogP contribution in [0.25, 0.3) is 0 Å². The van der Waals surface area contributed by atoms with Gasteiger partial charge in [-0.25, -0.2) is 0 Å². The lowest BCUT2D eigenvalue weighted by atomic mass is 10.1. The second-order valence-electron chi connectivity index (χ2n) is 6.87. The maximum absolute atomic E-state index is 11.9. The van der Waals surface area contributed by atoms with Gasteiger partial charge in [-0.1, -0.05) is 0 Å². The van der Waals surface area contributed by atoms with Crippen LogP contribution >= 0.6 is 11.8 Å². The van der Waals surface area contributed by atoms with Crippen molar-refractivity contribution in [1.82, 2.24) is 0 Å². The van der Waals surface area contributed by atoms with Gasteiger partial charge >= 0.3 is 11.9 Å². The van der Waals surface area contributed by atoms with Crippen molar-refractivity contribution in [1.29, 1.82) is 0 Å². The number of ether oxygens (including phenoxy) is 3. The fraction of sp³-hybridized carbons (Fsp3) is 0.875. The Balaban J connectivity index is 4.70. The molecule has 0 heterocycles. The summed E-state index contributed by atoms with van der Waals surface area (Å²) in [6.07, 6.45) is 2.07. The summed E-state index contributed by atoms with van der Waals surface area (Å²) < 4.78 is 15.8. The lowest BCUT2D eigenvalue weighted by Gasteiger charge is -2.28. The van der Waals surface area contributed by atoms with Crippen LogP contribution in [0.2, 0.25) is 0 Å². The van der Waals surface area contributed by atoms with Crippen molar-refractivity contribution in [3.63, 3.8) is 0 Å². The zero-order valence-corrected chi connectivity index (χ0v) is 16.0. The third kappa shape index (κ3) is 13.4. The Bertz CT molecular complexity index is 383. The van der Waals surface area contributed by atoms with Crippen LogP contribution in [0.1, 0.15) is 54.4 Å². The summed E-state index contributed by atoms with van der Waals surface area (Å²) in [7, 11) is 0. The number of aliphatic hydroxyl groups is 1. The van der Waals surface area contributed by atoms with Gasteiger partial charge < -0.3 is 19.3 Å². The standard InChI is InChI=1S/C16H30O6S/c1-11(17)20-10-12(21-16(5,6)19)8-13(23-7)9-14(18)22-15(2,3)4/h12-13,19H,8-10H2,1-7H3. The van der Waals surface area contributed by atoms with E-state index in [9.17, 15) is 14.7 Å². The van der Waals surface area contributed by atoms with Gasteiger partial charge in [-0.3, -0.25) is 9.59 Å². The summed E-state index contributed by atoms with van der Waals surface area (Å²) in [4.78, 5) is 22.9. The molecule has 2 atom stereocenters. The molecule has 0 saturated carbocycles. The minimum atomic E-state index is -1.35. The molecule has 0 fully saturated rings. The predicted octanol–water partition coefficient (Wildman–Crippen LogP) is 2.52. The van der Waals surface area contributed by atoms with Gasteiger partial charge in [0.15, 0.2) is 5.79 Å². The second kappa shape index (κ2) is 9.49. The molecule has 0 bridgehead atoms. The largest absolute Gasteiger partial charge is 0.463 e. The van der Waals surface area contributed by atoms with E-state index in [4.69, 9.17) is 14.2 Å². The first-order valence-corrected chi connectivity index (χ1v) is 8.89. The molecule has 0 aromatic carbocycles. The average molecular weight is 350 g/mol. The Hall–Kier alpha value is -0.790. The summed E-state index contributed by atoms with van der Waals surface area (Å²) in [6, 6.07) is 0. The molecule has 0 aliphatic carbocycles. The summed E-state index contributed by atoms with van der Waals surface area (Å²) in [6.45, 7) is 9.82. The molecule has 0 rings (SSSR count). The minimum Gasteiger partial charge on any atom is -0.463 e. The van der Waals surface area contributed by atoms with Gasteiger partial charge in [-0.05, 0) is 47.3 Å². The van der Waals surface area contributed by atoms with Crippen molar-refractivity contribution in [3.8, 4) is 0 Å². The monoisotopic (exact) mass is 350 g/mol. The van der Waals surface area contributed by atoms with Crippen molar-refractivity contribution < 1.29 is 28.9 Å². The second-order valence-corrected chi connectivity index (χ2v) is 8.01. The van der Waals surface area contributed by atoms with E-state index in [0.717, 1.165) is 0 Å². The highest BCUT2D eigenvalue weighted by Crippen LogP contribution is 2.23. The lowest BCUT2D eigenvalue weighted by molar-refractivity contribution is -0.217. The van der Waals surface area contributed by atoms with Gasteiger partial charge in [-0.15, -0.1) is 0 Å². The molecule has 23 heavy (non-hydrogen) atoms. The first-order valence-electron chi connectivity index (χ1n) is 7.60. The number of carbonyl (C=O) groups excluding carboxylic acids is 2. The fourth-order valence-electron chi connectivity index (χ4n) is 1.89. The van der Waals surface area contributed by atoms with E-state index in [1.807, 2.05) is 27.0 Å². The lowest BCUT2D eigenvalue weighted by Crippen LogP contribution is -2.36. The summed E-state index contributed by atoms with van der Waals surface area (Å²) in [5, 5.41) is 9.75. The minimum absolute atomic E-state index is 0.0324. The van der Waals surface area contributed by atoms with Crippen LogP contribution in [-0.2, 0) is 23.8 Å². The van der Waals surface area contributed by atoms with Crippen molar-refractivity contribution >= 4 is 23.7 Å². The van der Waals surface area contributed by atoms with E-state index in [-0.39, 0.29) is 24.2 Å². The van der Waals surface area contributed by atoms with E-state index in [2.05, 4.69) is 0 Å². The number of esters is 2. The molecule has 1 N–H and O–H groups in total. The topological polar surface area (TPSA) is 82.1 Å². The SMILES string of the molecule is CSC(CC(=O)OC(C)(C)C)CC(COC(C)=O)OC(C)(C)O. The summed E-state index contributed by atoms with van der Waals surface area (Å²) >= 11 is 1.51. The van der Waals surface area contributed by atoms with Crippen molar-refractivity contribution in [2.75, 3.05) is 12.9 Å². The van der Waals surface area contributed by atoms with Crippen LogP contribution in [0.4, 0.5) is 0 Å². The Morgan fingerprint density at radius 3 is 2.13 bits per heavy atom. The van der Waals surface area contributed by atoms with E-state index in [1.54, 1.807) is 0 Å². The van der Waals surface area contributed by atoms with Crippen LogP contribution in [0, 0.1) is 0 Å². The molecule has 2 unspecified atom stereocenters. The third-order valence-corrected chi connectivity index (χ3v) is 3.63. The maximum atomic E-state index is 11.9. The highest BCUT2D eigenvalue weighted by atomic mass is 32.2. The smallest absolute Gasteiger partial charge is 0.307 e. The van der Waals surface area contributed by atoms with Gasteiger partial charge in [-0.2, -0.15) is 11.8 Å². The molecule has 6 nitrogen and oxygen atoms in total. The van der Waals surface area contributed by atoms with Crippen LogP contribution in [0.5, 0.6) is 0 Å². The average Bonchev–Trinajstić information content (AvgIpc) is 2.30. The van der Waals surface area contributed by atoms with Gasteiger partial charge in [0.2, 0.25) is 0 Å². The zero-order valence-electron chi connectivity index (χ0n) is 15.2. The Kier molecular flexibility index (Phi) is 9.17. The molecular weight excluding hydrogens is 320 g/mol. The Morgan fingerprint density at radius 1 is 1.17 bits per heavy atom. The van der Waals surface area contributed by atoms with Gasteiger partial charge in [0, 0.05) is 12.2 Å². The van der Waals surface area contributed by atoms with Crippen LogP contribution < -0.4 is 0 Å². The van der Waals surface area contributed by atoms with E-state index >= 15 is 0 Å². The number of hydrogen-bond donors (Lipinski definition) is 1. The molecule has 7 heteroatoms. The zero-order chi connectivity index (χ0) is 18.3. The molecule has 0 aliphatic heterocycles. The van der Waals surface area contributed by atoms with Crippen LogP contribution in [0.3, 0.4) is 0 Å². The highest BCUT2D eigenvalue weighted by molar-refractivity contribution is 7.99. The van der Waals surface area contributed by atoms with Gasteiger partial charge in [0.1, 0.15) is 12.2 Å². The van der Waals surface area contributed by atoms with E-state index in [1.165, 1.54) is 32.5 Å². The molecule has 0 saturated heterocycles. The predicted molar refractivity (Wildman–Crippen MR) is 90.2 cm³/mol. The normalized spacial score (nSPS) is 15.0.